The van der Waals surface area contributed by atoms with Gasteiger partial charge in [-0.3, -0.25) is 4.79 Å². The van der Waals surface area contributed by atoms with Crippen LogP contribution < -0.4 is 10.0 Å². The molecule has 0 radical (unpaired) electrons. The zero-order valence-electron chi connectivity index (χ0n) is 15.0. The summed E-state index contributed by atoms with van der Waals surface area (Å²) in [5, 5.41) is 2.82. The highest BCUT2D eigenvalue weighted by molar-refractivity contribution is 7.89. The van der Waals surface area contributed by atoms with Crippen molar-refractivity contribution in [3.8, 4) is 0 Å². The molecule has 0 aliphatic carbocycles. The van der Waals surface area contributed by atoms with Gasteiger partial charge in [0.05, 0.1) is 4.90 Å². The van der Waals surface area contributed by atoms with Crippen LogP contribution in [0.25, 0.3) is 0 Å². The van der Waals surface area contributed by atoms with E-state index in [2.05, 4.69) is 10.0 Å². The van der Waals surface area contributed by atoms with E-state index in [9.17, 15) is 13.2 Å². The number of hydrogen-bond donors (Lipinski definition) is 2. The molecule has 0 bridgehead atoms. The molecule has 134 valence electrons. The Labute approximate surface area is 149 Å². The number of rotatable bonds is 6. The van der Waals surface area contributed by atoms with E-state index in [1.807, 2.05) is 39.0 Å². The van der Waals surface area contributed by atoms with Crippen LogP contribution in [0, 0.1) is 13.8 Å². The minimum Gasteiger partial charge on any atom is -0.322 e. The molecular weight excluding hydrogens is 336 g/mol. The van der Waals surface area contributed by atoms with Gasteiger partial charge in [0.2, 0.25) is 10.0 Å². The molecule has 6 heteroatoms. The van der Waals surface area contributed by atoms with E-state index in [0.29, 0.717) is 17.7 Å². The van der Waals surface area contributed by atoms with Gasteiger partial charge in [-0.2, -0.15) is 0 Å². The highest BCUT2D eigenvalue weighted by Gasteiger charge is 2.18. The highest BCUT2D eigenvalue weighted by atomic mass is 32.2. The summed E-state index contributed by atoms with van der Waals surface area (Å²) in [5.74, 6) is -0.342. The van der Waals surface area contributed by atoms with Gasteiger partial charge < -0.3 is 5.32 Å². The smallest absolute Gasteiger partial charge is 0.255 e. The molecular formula is C19H24N2O3S. The van der Waals surface area contributed by atoms with Gasteiger partial charge in [-0.15, -0.1) is 0 Å². The molecule has 2 N–H and O–H groups in total. The van der Waals surface area contributed by atoms with Crippen molar-refractivity contribution in [2.75, 3.05) is 5.32 Å². The summed E-state index contributed by atoms with van der Waals surface area (Å²) in [4.78, 5) is 12.6. The molecule has 1 amide bonds. The maximum Gasteiger partial charge on any atom is 0.255 e. The fourth-order valence-electron chi connectivity index (χ4n) is 2.47. The van der Waals surface area contributed by atoms with Gasteiger partial charge in [0.1, 0.15) is 0 Å². The highest BCUT2D eigenvalue weighted by Crippen LogP contribution is 2.17. The summed E-state index contributed by atoms with van der Waals surface area (Å²) in [6.45, 7) is 7.61. The van der Waals surface area contributed by atoms with Gasteiger partial charge in [0.15, 0.2) is 0 Å². The van der Waals surface area contributed by atoms with Gasteiger partial charge in [0.25, 0.3) is 5.91 Å². The summed E-state index contributed by atoms with van der Waals surface area (Å²) in [7, 11) is -3.64. The Balaban J connectivity index is 2.24. The summed E-state index contributed by atoms with van der Waals surface area (Å²) < 4.78 is 27.4. The first kappa shape index (κ1) is 19.1. The van der Waals surface area contributed by atoms with E-state index in [0.717, 1.165) is 11.1 Å². The molecule has 1 atom stereocenters. The van der Waals surface area contributed by atoms with Crippen LogP contribution in [0.1, 0.15) is 41.8 Å². The van der Waals surface area contributed by atoms with Crippen molar-refractivity contribution in [1.82, 2.24) is 4.72 Å². The molecule has 25 heavy (non-hydrogen) atoms. The first-order valence-corrected chi connectivity index (χ1v) is 9.71. The fourth-order valence-corrected chi connectivity index (χ4v) is 3.84. The third kappa shape index (κ3) is 5.14. The molecule has 0 fully saturated rings. The quantitative estimate of drug-likeness (QED) is 0.826. The lowest BCUT2D eigenvalue weighted by Gasteiger charge is -2.13. The lowest BCUT2D eigenvalue weighted by molar-refractivity contribution is 0.102. The minimum absolute atomic E-state index is 0.0841. The van der Waals surface area contributed by atoms with Crippen molar-refractivity contribution >= 4 is 21.6 Å². The molecule has 2 aromatic rings. The molecule has 0 aromatic heterocycles. The number of anilines is 1. The predicted octanol–water partition coefficient (Wildman–Crippen LogP) is 3.63. The second-order valence-corrected chi connectivity index (χ2v) is 8.00. The Morgan fingerprint density at radius 2 is 1.72 bits per heavy atom. The predicted molar refractivity (Wildman–Crippen MR) is 100 cm³/mol. The fraction of sp³-hybridized carbons (Fsp3) is 0.316. The van der Waals surface area contributed by atoms with Crippen LogP contribution in [0.4, 0.5) is 5.69 Å². The first-order valence-electron chi connectivity index (χ1n) is 8.23. The number of benzene rings is 2. The number of aryl methyl sites for hydroxylation is 2. The second-order valence-electron chi connectivity index (χ2n) is 6.29. The number of amides is 1. The summed E-state index contributed by atoms with van der Waals surface area (Å²) in [6, 6.07) is 11.6. The van der Waals surface area contributed by atoms with Crippen LogP contribution in [0.2, 0.25) is 0 Å². The van der Waals surface area contributed by atoms with E-state index in [-0.39, 0.29) is 16.8 Å². The van der Waals surface area contributed by atoms with Gasteiger partial charge in [-0.25, -0.2) is 13.1 Å². The number of hydrogen-bond acceptors (Lipinski definition) is 3. The molecule has 1 unspecified atom stereocenters. The number of nitrogens with one attached hydrogen (secondary N) is 2. The first-order chi connectivity index (χ1) is 11.7. The van der Waals surface area contributed by atoms with Crippen LogP contribution in [-0.4, -0.2) is 20.4 Å². The number of carbonyl (C=O) groups excluding carboxylic acids is 1. The maximum absolute atomic E-state index is 12.5. The van der Waals surface area contributed by atoms with Crippen LogP contribution in [-0.2, 0) is 10.0 Å². The monoisotopic (exact) mass is 360 g/mol. The Morgan fingerprint density at radius 1 is 1.08 bits per heavy atom. The second kappa shape index (κ2) is 7.80. The van der Waals surface area contributed by atoms with E-state index in [1.165, 1.54) is 12.1 Å². The zero-order valence-corrected chi connectivity index (χ0v) is 15.8. The molecule has 0 aliphatic rings. The Hall–Kier alpha value is -2.18. The maximum atomic E-state index is 12.5. The Morgan fingerprint density at radius 3 is 2.32 bits per heavy atom. The van der Waals surface area contributed by atoms with E-state index < -0.39 is 10.0 Å². The van der Waals surface area contributed by atoms with Gasteiger partial charge >= 0.3 is 0 Å². The van der Waals surface area contributed by atoms with E-state index >= 15 is 0 Å². The zero-order chi connectivity index (χ0) is 18.6. The van der Waals surface area contributed by atoms with Crippen molar-refractivity contribution in [1.29, 1.82) is 0 Å². The SMILES string of the molecule is CCC(C)NS(=O)(=O)c1cccc(C(=O)Nc2cc(C)cc(C)c2)c1. The standard InChI is InChI=1S/C19H24N2O3S/c1-5-15(4)21-25(23,24)18-8-6-7-16(12-18)19(22)20-17-10-13(2)9-14(3)11-17/h6-12,15,21H,5H2,1-4H3,(H,20,22). The number of carbonyl (C=O) groups is 1. The van der Waals surface area contributed by atoms with Crippen molar-refractivity contribution in [3.63, 3.8) is 0 Å². The van der Waals surface area contributed by atoms with Crippen molar-refractivity contribution < 1.29 is 13.2 Å². The average Bonchev–Trinajstić information content (AvgIpc) is 2.53. The summed E-state index contributed by atoms with van der Waals surface area (Å²) in [5.41, 5.74) is 3.08. The van der Waals surface area contributed by atoms with Gasteiger partial charge in [-0.1, -0.05) is 19.1 Å². The lowest BCUT2D eigenvalue weighted by Crippen LogP contribution is -2.32. The van der Waals surface area contributed by atoms with Crippen LogP contribution in [0.5, 0.6) is 0 Å². The lowest BCUT2D eigenvalue weighted by atomic mass is 10.1. The Kier molecular flexibility index (Phi) is 5.98. The van der Waals surface area contributed by atoms with Crippen LogP contribution in [0.15, 0.2) is 47.4 Å². The van der Waals surface area contributed by atoms with Crippen LogP contribution >= 0.6 is 0 Å². The Bertz CT molecular complexity index is 856. The van der Waals surface area contributed by atoms with Crippen molar-refractivity contribution in [3.05, 3.63) is 59.2 Å². The van der Waals surface area contributed by atoms with Crippen molar-refractivity contribution in [2.24, 2.45) is 0 Å². The molecule has 0 saturated carbocycles. The normalized spacial score (nSPS) is 12.6. The minimum atomic E-state index is -3.64. The topological polar surface area (TPSA) is 75.3 Å². The summed E-state index contributed by atoms with van der Waals surface area (Å²) >= 11 is 0. The molecule has 0 saturated heterocycles. The molecule has 0 aliphatic heterocycles. The molecule has 2 aromatic carbocycles. The van der Waals surface area contributed by atoms with Crippen LogP contribution in [0.3, 0.4) is 0 Å². The third-order valence-electron chi connectivity index (χ3n) is 3.85. The largest absolute Gasteiger partial charge is 0.322 e. The molecule has 5 nitrogen and oxygen atoms in total. The summed E-state index contributed by atoms with van der Waals surface area (Å²) in [6.07, 6.45) is 0.687. The molecule has 2 rings (SSSR count). The third-order valence-corrected chi connectivity index (χ3v) is 5.44. The average molecular weight is 360 g/mol. The van der Waals surface area contributed by atoms with Gasteiger partial charge in [-0.05, 0) is 68.7 Å². The molecule has 0 heterocycles. The van der Waals surface area contributed by atoms with Gasteiger partial charge in [0, 0.05) is 17.3 Å². The van der Waals surface area contributed by atoms with E-state index in [1.54, 1.807) is 19.1 Å². The number of sulfonamides is 1. The van der Waals surface area contributed by atoms with E-state index in [4.69, 9.17) is 0 Å². The van der Waals surface area contributed by atoms with Crippen molar-refractivity contribution in [2.45, 2.75) is 45.1 Å². The molecule has 0 spiro atoms.